The van der Waals surface area contributed by atoms with Gasteiger partial charge in [-0.1, -0.05) is 30.7 Å². The van der Waals surface area contributed by atoms with E-state index < -0.39 is 28.5 Å². The van der Waals surface area contributed by atoms with Crippen molar-refractivity contribution in [1.29, 1.82) is 0 Å². The van der Waals surface area contributed by atoms with Gasteiger partial charge in [-0.25, -0.2) is 8.42 Å². The summed E-state index contributed by atoms with van der Waals surface area (Å²) in [5.41, 5.74) is 0.751. The van der Waals surface area contributed by atoms with Gasteiger partial charge in [-0.05, 0) is 55.3 Å². The van der Waals surface area contributed by atoms with Crippen LogP contribution in [0.5, 0.6) is 5.75 Å². The van der Waals surface area contributed by atoms with Crippen LogP contribution in [-0.4, -0.2) is 62.7 Å². The third kappa shape index (κ3) is 7.18. The van der Waals surface area contributed by atoms with Gasteiger partial charge in [0.25, 0.3) is 0 Å². The topological polar surface area (TPSA) is 96.0 Å². The van der Waals surface area contributed by atoms with Crippen LogP contribution in [0.25, 0.3) is 0 Å². The quantitative estimate of drug-likeness (QED) is 0.517. The zero-order valence-electron chi connectivity index (χ0n) is 19.2. The molecule has 1 N–H and O–H groups in total. The summed E-state index contributed by atoms with van der Waals surface area (Å²) in [6.07, 6.45) is 0.754. The van der Waals surface area contributed by atoms with Crippen molar-refractivity contribution < 1.29 is 22.7 Å². The number of nitrogens with one attached hydrogen (secondary N) is 1. The van der Waals surface area contributed by atoms with E-state index in [4.69, 9.17) is 16.3 Å². The van der Waals surface area contributed by atoms with Gasteiger partial charge in [0, 0.05) is 25.2 Å². The Labute approximate surface area is 200 Å². The molecule has 2 aromatic carbocycles. The summed E-state index contributed by atoms with van der Waals surface area (Å²) < 4.78 is 32.0. The Morgan fingerprint density at radius 1 is 1.15 bits per heavy atom. The van der Waals surface area contributed by atoms with E-state index in [1.165, 1.54) is 36.2 Å². The minimum absolute atomic E-state index is 0.0234. The number of benzene rings is 2. The normalized spacial score (nSPS) is 12.3. The molecule has 0 fully saturated rings. The van der Waals surface area contributed by atoms with Crippen molar-refractivity contribution in [2.24, 2.45) is 0 Å². The van der Waals surface area contributed by atoms with Crippen molar-refractivity contribution in [3.63, 3.8) is 0 Å². The van der Waals surface area contributed by atoms with Crippen molar-refractivity contribution >= 4 is 33.4 Å². The Hall–Kier alpha value is -2.62. The number of sulfonamides is 1. The molecule has 8 nitrogen and oxygen atoms in total. The van der Waals surface area contributed by atoms with Crippen LogP contribution in [0.15, 0.2) is 53.4 Å². The number of halogens is 1. The van der Waals surface area contributed by atoms with Gasteiger partial charge in [0.15, 0.2) is 0 Å². The lowest BCUT2D eigenvalue weighted by Crippen LogP contribution is -2.50. The standard InChI is InChI=1S/C23H30ClN3O5S/c1-5-13-25-23(29)17(2)27(15-18-7-6-8-20(14-18)32-4)22(28)16-26(3)33(30,31)21-11-9-19(24)10-12-21/h6-12,14,17H,5,13,15-16H2,1-4H3,(H,25,29). The minimum atomic E-state index is -3.92. The molecule has 2 rings (SSSR count). The van der Waals surface area contributed by atoms with Crippen molar-refractivity contribution in [2.75, 3.05) is 27.2 Å². The molecule has 33 heavy (non-hydrogen) atoms. The Morgan fingerprint density at radius 2 is 1.82 bits per heavy atom. The van der Waals surface area contributed by atoms with Crippen LogP contribution in [0.4, 0.5) is 0 Å². The molecule has 0 aromatic heterocycles. The lowest BCUT2D eigenvalue weighted by Gasteiger charge is -2.30. The highest BCUT2D eigenvalue weighted by molar-refractivity contribution is 7.89. The summed E-state index contributed by atoms with van der Waals surface area (Å²) in [5.74, 6) is -0.196. The minimum Gasteiger partial charge on any atom is -0.497 e. The summed E-state index contributed by atoms with van der Waals surface area (Å²) >= 11 is 5.85. The van der Waals surface area contributed by atoms with E-state index in [1.807, 2.05) is 13.0 Å². The molecule has 1 unspecified atom stereocenters. The fraction of sp³-hybridized carbons (Fsp3) is 0.391. The van der Waals surface area contributed by atoms with Crippen LogP contribution in [0.2, 0.25) is 5.02 Å². The highest BCUT2D eigenvalue weighted by atomic mass is 35.5. The molecule has 0 saturated carbocycles. The number of likely N-dealkylation sites (N-methyl/N-ethyl adjacent to an activating group) is 1. The average Bonchev–Trinajstić information content (AvgIpc) is 2.80. The number of carbonyl (C=O) groups is 2. The molecule has 1 atom stereocenters. The maximum atomic E-state index is 13.3. The van der Waals surface area contributed by atoms with Gasteiger partial charge < -0.3 is 15.0 Å². The van der Waals surface area contributed by atoms with Crippen LogP contribution in [0.3, 0.4) is 0 Å². The molecule has 10 heteroatoms. The van der Waals surface area contributed by atoms with E-state index in [9.17, 15) is 18.0 Å². The zero-order chi connectivity index (χ0) is 24.6. The summed E-state index contributed by atoms with van der Waals surface area (Å²) in [6.45, 7) is 3.72. The monoisotopic (exact) mass is 495 g/mol. The van der Waals surface area contributed by atoms with Crippen LogP contribution < -0.4 is 10.1 Å². The Kier molecular flexibility index (Phi) is 9.70. The predicted molar refractivity (Wildman–Crippen MR) is 128 cm³/mol. The van der Waals surface area contributed by atoms with E-state index in [1.54, 1.807) is 32.2 Å². The zero-order valence-corrected chi connectivity index (χ0v) is 20.8. The van der Waals surface area contributed by atoms with Gasteiger partial charge >= 0.3 is 0 Å². The third-order valence-corrected chi connectivity index (χ3v) is 7.15. The molecule has 0 radical (unpaired) electrons. The Morgan fingerprint density at radius 3 is 2.42 bits per heavy atom. The van der Waals surface area contributed by atoms with Gasteiger partial charge in [-0.2, -0.15) is 4.31 Å². The number of carbonyl (C=O) groups excluding carboxylic acids is 2. The number of hydrogen-bond acceptors (Lipinski definition) is 5. The van der Waals surface area contributed by atoms with Crippen LogP contribution >= 0.6 is 11.6 Å². The van der Waals surface area contributed by atoms with Gasteiger partial charge in [0.05, 0.1) is 18.6 Å². The first-order chi connectivity index (χ1) is 15.6. The number of rotatable bonds is 11. The molecular weight excluding hydrogens is 466 g/mol. The van der Waals surface area contributed by atoms with Gasteiger partial charge in [-0.15, -0.1) is 0 Å². The lowest BCUT2D eigenvalue weighted by molar-refractivity contribution is -0.140. The van der Waals surface area contributed by atoms with Crippen LogP contribution in [-0.2, 0) is 26.2 Å². The third-order valence-electron chi connectivity index (χ3n) is 5.08. The van der Waals surface area contributed by atoms with Gasteiger partial charge in [0.2, 0.25) is 21.8 Å². The molecule has 0 heterocycles. The van der Waals surface area contributed by atoms with Crippen molar-refractivity contribution in [3.05, 3.63) is 59.1 Å². The van der Waals surface area contributed by atoms with E-state index >= 15 is 0 Å². The van der Waals surface area contributed by atoms with E-state index in [0.717, 1.165) is 16.3 Å². The first-order valence-corrected chi connectivity index (χ1v) is 12.3. The molecular formula is C23H30ClN3O5S. The molecule has 0 aliphatic carbocycles. The molecule has 0 aliphatic heterocycles. The molecule has 2 aromatic rings. The Bertz CT molecular complexity index is 1060. The average molecular weight is 496 g/mol. The van der Waals surface area contributed by atoms with Crippen molar-refractivity contribution in [3.8, 4) is 5.75 Å². The summed E-state index contributed by atoms with van der Waals surface area (Å²) in [4.78, 5) is 27.3. The predicted octanol–water partition coefficient (Wildman–Crippen LogP) is 2.91. The SMILES string of the molecule is CCCNC(=O)C(C)N(Cc1cccc(OC)c1)C(=O)CN(C)S(=O)(=O)c1ccc(Cl)cc1. The number of ether oxygens (including phenoxy) is 1. The maximum absolute atomic E-state index is 13.3. The molecule has 2 amide bonds. The summed E-state index contributed by atoms with van der Waals surface area (Å²) in [5, 5.41) is 3.20. The van der Waals surface area contributed by atoms with Crippen LogP contribution in [0.1, 0.15) is 25.8 Å². The fourth-order valence-electron chi connectivity index (χ4n) is 3.10. The molecule has 0 saturated heterocycles. The second-order valence-electron chi connectivity index (χ2n) is 7.56. The van der Waals surface area contributed by atoms with E-state index in [2.05, 4.69) is 5.32 Å². The van der Waals surface area contributed by atoms with Crippen molar-refractivity contribution in [1.82, 2.24) is 14.5 Å². The van der Waals surface area contributed by atoms with E-state index in [0.29, 0.717) is 17.3 Å². The fourth-order valence-corrected chi connectivity index (χ4v) is 4.35. The number of methoxy groups -OCH3 is 1. The van der Waals surface area contributed by atoms with Gasteiger partial charge in [0.1, 0.15) is 11.8 Å². The second-order valence-corrected chi connectivity index (χ2v) is 10.0. The van der Waals surface area contributed by atoms with Gasteiger partial charge in [-0.3, -0.25) is 9.59 Å². The van der Waals surface area contributed by atoms with Crippen LogP contribution in [0, 0.1) is 0 Å². The lowest BCUT2D eigenvalue weighted by atomic mass is 10.1. The highest BCUT2D eigenvalue weighted by Gasteiger charge is 2.30. The first kappa shape index (κ1) is 26.6. The number of amides is 2. The molecule has 0 spiro atoms. The highest BCUT2D eigenvalue weighted by Crippen LogP contribution is 2.19. The number of hydrogen-bond donors (Lipinski definition) is 1. The summed E-state index contributed by atoms with van der Waals surface area (Å²) in [7, 11) is -1.05. The second kappa shape index (κ2) is 12.0. The smallest absolute Gasteiger partial charge is 0.243 e. The summed E-state index contributed by atoms with van der Waals surface area (Å²) in [6, 6.07) is 12.1. The molecule has 180 valence electrons. The number of nitrogens with zero attached hydrogens (tertiary/aromatic N) is 2. The largest absolute Gasteiger partial charge is 0.497 e. The maximum Gasteiger partial charge on any atom is 0.243 e. The first-order valence-electron chi connectivity index (χ1n) is 10.5. The van der Waals surface area contributed by atoms with Crippen molar-refractivity contribution in [2.45, 2.75) is 37.8 Å². The molecule has 0 aliphatic rings. The molecule has 0 bridgehead atoms. The Balaban J connectivity index is 2.27. The van der Waals surface area contributed by atoms with E-state index in [-0.39, 0.29) is 17.3 Å².